The van der Waals surface area contributed by atoms with Crippen LogP contribution in [0, 0.1) is 11.7 Å². The predicted octanol–water partition coefficient (Wildman–Crippen LogP) is 5.87. The fraction of sp³-hybridized carbons (Fsp3) is 0.469. The van der Waals surface area contributed by atoms with Crippen LogP contribution >= 0.6 is 0 Å². The van der Waals surface area contributed by atoms with Gasteiger partial charge in [0.1, 0.15) is 22.8 Å². The van der Waals surface area contributed by atoms with Crippen LogP contribution in [0.2, 0.25) is 0 Å². The molecule has 12 heteroatoms. The van der Waals surface area contributed by atoms with Crippen LogP contribution in [0.1, 0.15) is 66.0 Å². The van der Waals surface area contributed by atoms with E-state index >= 15 is 0 Å². The van der Waals surface area contributed by atoms with Crippen LogP contribution in [0.5, 0.6) is 0 Å². The van der Waals surface area contributed by atoms with Gasteiger partial charge < -0.3 is 19.7 Å². The fourth-order valence-electron chi connectivity index (χ4n) is 5.23. The number of aromatic nitrogens is 5. The molecule has 1 amide bonds. The zero-order valence-corrected chi connectivity index (χ0v) is 26.1. The molecule has 0 bridgehead atoms. The molecule has 234 valence electrons. The van der Waals surface area contributed by atoms with Gasteiger partial charge in [-0.3, -0.25) is 9.48 Å². The Bertz CT molecular complexity index is 1630. The average Bonchev–Trinajstić information content (AvgIpc) is 3.58. The highest BCUT2D eigenvalue weighted by Crippen LogP contribution is 2.27. The van der Waals surface area contributed by atoms with Crippen molar-refractivity contribution >= 4 is 23.5 Å². The molecule has 1 aliphatic heterocycles. The summed E-state index contributed by atoms with van der Waals surface area (Å²) in [5, 5.41) is 12.3. The Morgan fingerprint density at radius 3 is 2.52 bits per heavy atom. The van der Waals surface area contributed by atoms with Gasteiger partial charge in [-0.05, 0) is 78.1 Å². The summed E-state index contributed by atoms with van der Waals surface area (Å²) < 4.78 is 28.5. The summed E-state index contributed by atoms with van der Waals surface area (Å²) in [4.78, 5) is 31.8. The lowest BCUT2D eigenvalue weighted by Gasteiger charge is -2.34. The Hall–Kier alpha value is -4.48. The topological polar surface area (TPSA) is 116 Å². The number of amides is 1. The smallest absolute Gasteiger partial charge is 0.410 e. The van der Waals surface area contributed by atoms with E-state index in [1.807, 2.05) is 66.1 Å². The molecule has 4 heterocycles. The number of likely N-dealkylation sites (tertiary alicyclic amines) is 1. The van der Waals surface area contributed by atoms with Crippen molar-refractivity contribution < 1.29 is 23.5 Å². The molecule has 11 nitrogen and oxygen atoms in total. The molecular weight excluding hydrogens is 565 g/mol. The summed E-state index contributed by atoms with van der Waals surface area (Å²) in [6.07, 6.45) is 7.86. The van der Waals surface area contributed by atoms with Gasteiger partial charge in [-0.2, -0.15) is 10.2 Å². The molecule has 0 spiro atoms. The van der Waals surface area contributed by atoms with Crippen LogP contribution in [-0.4, -0.2) is 65.6 Å². The van der Waals surface area contributed by atoms with Crippen LogP contribution in [0.3, 0.4) is 0 Å². The largest absolute Gasteiger partial charge is 0.457 e. The first-order valence-corrected chi connectivity index (χ1v) is 14.9. The summed E-state index contributed by atoms with van der Waals surface area (Å²) in [5.74, 6) is -0.204. The molecule has 1 fully saturated rings. The molecule has 44 heavy (non-hydrogen) atoms. The Morgan fingerprint density at radius 2 is 1.82 bits per heavy atom. The predicted molar refractivity (Wildman–Crippen MR) is 163 cm³/mol. The van der Waals surface area contributed by atoms with E-state index in [4.69, 9.17) is 14.5 Å². The van der Waals surface area contributed by atoms with E-state index in [1.54, 1.807) is 32.6 Å². The lowest BCUT2D eigenvalue weighted by Crippen LogP contribution is -2.44. The number of hydrogen-bond acceptors (Lipinski definition) is 8. The second-order valence-corrected chi connectivity index (χ2v) is 12.9. The molecule has 1 saturated heterocycles. The molecule has 0 radical (unpaired) electrons. The van der Waals surface area contributed by atoms with Gasteiger partial charge in [-0.25, -0.2) is 18.7 Å². The summed E-state index contributed by atoms with van der Waals surface area (Å²) in [6.45, 7) is 12.4. The third-order valence-corrected chi connectivity index (χ3v) is 7.43. The summed E-state index contributed by atoms with van der Waals surface area (Å²) in [6, 6.07) is 8.14. The number of anilines is 1. The minimum absolute atomic E-state index is 0.155. The number of hydrogen-bond donors (Lipinski definition) is 1. The van der Waals surface area contributed by atoms with Crippen molar-refractivity contribution in [3.63, 3.8) is 0 Å². The maximum Gasteiger partial charge on any atom is 0.410 e. The first-order valence-electron chi connectivity index (χ1n) is 14.9. The standard InChI is InChI=1S/C32H40FN7O4/c1-21(23-8-7-9-25(33)16-23)36-27-12-15-40-28(37-27)26(18-35-40)24-17-34-39(19-24)20-32(5,6)43-29(41)22-10-13-38(14-11-22)30(42)44-31(2,3)4/h7-9,12,15-19,21-22H,10-11,13-14,20H2,1-6H3,(H,36,37)/t21-/m1/s1. The van der Waals surface area contributed by atoms with Gasteiger partial charge in [0, 0.05) is 36.6 Å². The van der Waals surface area contributed by atoms with Crippen molar-refractivity contribution in [3.05, 3.63) is 66.5 Å². The lowest BCUT2D eigenvalue weighted by molar-refractivity contribution is -0.164. The Kier molecular flexibility index (Phi) is 8.62. The Balaban J connectivity index is 1.20. The van der Waals surface area contributed by atoms with E-state index < -0.39 is 11.2 Å². The van der Waals surface area contributed by atoms with Crippen LogP contribution in [0.15, 0.2) is 55.1 Å². The summed E-state index contributed by atoms with van der Waals surface area (Å²) >= 11 is 0. The van der Waals surface area contributed by atoms with E-state index in [2.05, 4.69) is 15.5 Å². The molecule has 4 aromatic rings. The van der Waals surface area contributed by atoms with Crippen molar-refractivity contribution in [2.75, 3.05) is 18.4 Å². The molecule has 0 saturated carbocycles. The van der Waals surface area contributed by atoms with Crippen molar-refractivity contribution in [2.45, 2.75) is 78.2 Å². The highest BCUT2D eigenvalue weighted by molar-refractivity contribution is 5.77. The molecular formula is C32H40FN7O4. The second-order valence-electron chi connectivity index (χ2n) is 12.9. The van der Waals surface area contributed by atoms with E-state index in [-0.39, 0.29) is 29.8 Å². The van der Waals surface area contributed by atoms with E-state index in [0.29, 0.717) is 43.9 Å². The van der Waals surface area contributed by atoms with Gasteiger partial charge in [0.15, 0.2) is 5.65 Å². The number of benzene rings is 1. The molecule has 1 aromatic carbocycles. The third kappa shape index (κ3) is 7.53. The maximum absolute atomic E-state index is 13.7. The van der Waals surface area contributed by atoms with Gasteiger partial charge in [-0.15, -0.1) is 0 Å². The third-order valence-electron chi connectivity index (χ3n) is 7.43. The van der Waals surface area contributed by atoms with Crippen LogP contribution < -0.4 is 5.32 Å². The molecule has 1 atom stereocenters. The van der Waals surface area contributed by atoms with Crippen molar-refractivity contribution in [3.8, 4) is 11.1 Å². The number of esters is 1. The molecule has 0 aliphatic carbocycles. The number of nitrogens with zero attached hydrogens (tertiary/aromatic N) is 6. The molecule has 1 aliphatic rings. The maximum atomic E-state index is 13.7. The second kappa shape index (κ2) is 12.3. The Morgan fingerprint density at radius 1 is 1.07 bits per heavy atom. The van der Waals surface area contributed by atoms with Gasteiger partial charge in [0.25, 0.3) is 0 Å². The number of nitrogens with one attached hydrogen (secondary N) is 1. The van der Waals surface area contributed by atoms with Crippen molar-refractivity contribution in [1.29, 1.82) is 0 Å². The quantitative estimate of drug-likeness (QED) is 0.248. The number of ether oxygens (including phenoxy) is 2. The van der Waals surface area contributed by atoms with Gasteiger partial charge >= 0.3 is 12.1 Å². The van der Waals surface area contributed by atoms with Crippen molar-refractivity contribution in [1.82, 2.24) is 29.3 Å². The first-order chi connectivity index (χ1) is 20.8. The van der Waals surface area contributed by atoms with Gasteiger partial charge in [-0.1, -0.05) is 12.1 Å². The zero-order chi connectivity index (χ0) is 31.6. The number of halogens is 1. The lowest BCUT2D eigenvalue weighted by atomic mass is 9.97. The number of rotatable bonds is 8. The SMILES string of the molecule is C[C@@H](Nc1ccn2ncc(-c3cnn(CC(C)(C)OC(=O)C4CCN(C(=O)OC(C)(C)C)CC4)c3)c2n1)c1cccc(F)c1. The number of fused-ring (bicyclic) bond motifs is 1. The number of carbonyl (C=O) groups excluding carboxylic acids is 2. The van der Waals surface area contributed by atoms with E-state index in [0.717, 1.165) is 16.7 Å². The summed E-state index contributed by atoms with van der Waals surface area (Å²) in [5.41, 5.74) is 1.70. The average molecular weight is 606 g/mol. The van der Waals surface area contributed by atoms with Crippen LogP contribution in [0.4, 0.5) is 15.0 Å². The monoisotopic (exact) mass is 605 g/mol. The van der Waals surface area contributed by atoms with Gasteiger partial charge in [0.05, 0.1) is 30.9 Å². The molecule has 5 rings (SSSR count). The first kappa shape index (κ1) is 31.0. The van der Waals surface area contributed by atoms with Gasteiger partial charge in [0.2, 0.25) is 0 Å². The van der Waals surface area contributed by atoms with Crippen LogP contribution in [0.25, 0.3) is 16.8 Å². The Labute approximate surface area is 256 Å². The van der Waals surface area contributed by atoms with Crippen molar-refractivity contribution in [2.24, 2.45) is 5.92 Å². The van der Waals surface area contributed by atoms with Crippen LogP contribution in [-0.2, 0) is 20.8 Å². The highest BCUT2D eigenvalue weighted by Gasteiger charge is 2.34. The number of carbonyl (C=O) groups is 2. The zero-order valence-electron chi connectivity index (χ0n) is 26.1. The summed E-state index contributed by atoms with van der Waals surface area (Å²) in [7, 11) is 0. The highest BCUT2D eigenvalue weighted by atomic mass is 19.1. The van der Waals surface area contributed by atoms with E-state index in [9.17, 15) is 14.0 Å². The number of piperidine rings is 1. The molecule has 1 N–H and O–H groups in total. The molecule has 3 aromatic heterocycles. The minimum atomic E-state index is -0.813. The fourth-order valence-corrected chi connectivity index (χ4v) is 5.23. The normalized spacial score (nSPS) is 15.3. The van der Waals surface area contributed by atoms with E-state index in [1.165, 1.54) is 12.1 Å². The molecule has 0 unspecified atom stereocenters. The minimum Gasteiger partial charge on any atom is -0.457 e.